The second-order valence-electron chi connectivity index (χ2n) is 7.52. The Morgan fingerprint density at radius 1 is 1.21 bits per heavy atom. The summed E-state index contributed by atoms with van der Waals surface area (Å²) < 4.78 is 5.74. The van der Waals surface area contributed by atoms with Gasteiger partial charge in [-0.15, -0.1) is 0 Å². The van der Waals surface area contributed by atoms with E-state index in [1.165, 1.54) is 0 Å². The fourth-order valence-electron chi connectivity index (χ4n) is 2.82. The standard InChI is InChI=1S/C17H35N5O2/c1-13-11-22(12-14(2)24-13)9-7-8-19-16(18-6)20-10-15(23)21-17(3,4)5/h13-14H,7-12H2,1-6H3,(H,21,23)(H2,18,19,20). The molecule has 1 heterocycles. The average molecular weight is 342 g/mol. The predicted molar refractivity (Wildman–Crippen MR) is 98.3 cm³/mol. The van der Waals surface area contributed by atoms with Crippen LogP contribution in [0.25, 0.3) is 0 Å². The first kappa shape index (κ1) is 20.7. The molecule has 0 saturated carbocycles. The van der Waals surface area contributed by atoms with E-state index in [9.17, 15) is 4.79 Å². The molecular weight excluding hydrogens is 306 g/mol. The van der Waals surface area contributed by atoms with Gasteiger partial charge in [0.2, 0.25) is 5.91 Å². The molecule has 1 saturated heterocycles. The number of nitrogens with one attached hydrogen (secondary N) is 3. The molecule has 2 atom stereocenters. The largest absolute Gasteiger partial charge is 0.373 e. The van der Waals surface area contributed by atoms with Gasteiger partial charge in [-0.1, -0.05) is 0 Å². The monoisotopic (exact) mass is 341 g/mol. The number of guanidine groups is 1. The molecule has 0 aromatic rings. The van der Waals surface area contributed by atoms with Crippen LogP contribution in [0.2, 0.25) is 0 Å². The zero-order valence-corrected chi connectivity index (χ0v) is 16.1. The maximum Gasteiger partial charge on any atom is 0.239 e. The van der Waals surface area contributed by atoms with E-state index in [1.54, 1.807) is 7.05 Å². The number of hydrogen-bond donors (Lipinski definition) is 3. The summed E-state index contributed by atoms with van der Waals surface area (Å²) in [6.07, 6.45) is 1.63. The van der Waals surface area contributed by atoms with Crippen molar-refractivity contribution in [2.24, 2.45) is 4.99 Å². The fourth-order valence-corrected chi connectivity index (χ4v) is 2.82. The van der Waals surface area contributed by atoms with Crippen LogP contribution in [0.3, 0.4) is 0 Å². The third kappa shape index (κ3) is 9.08. The lowest BCUT2D eigenvalue weighted by atomic mass is 10.1. The van der Waals surface area contributed by atoms with Crippen molar-refractivity contribution >= 4 is 11.9 Å². The normalized spacial score (nSPS) is 23.0. The number of carbonyl (C=O) groups is 1. The summed E-state index contributed by atoms with van der Waals surface area (Å²) in [6.45, 7) is 14.2. The molecule has 140 valence electrons. The van der Waals surface area contributed by atoms with Gasteiger partial charge in [0.15, 0.2) is 5.96 Å². The van der Waals surface area contributed by atoms with Crippen molar-refractivity contribution in [2.75, 3.05) is 39.8 Å². The molecule has 7 heteroatoms. The summed E-state index contributed by atoms with van der Waals surface area (Å²) in [4.78, 5) is 18.4. The highest BCUT2D eigenvalue weighted by Gasteiger charge is 2.21. The van der Waals surface area contributed by atoms with Gasteiger partial charge in [-0.2, -0.15) is 0 Å². The third-order valence-electron chi connectivity index (χ3n) is 3.59. The third-order valence-corrected chi connectivity index (χ3v) is 3.59. The van der Waals surface area contributed by atoms with Crippen LogP contribution in [0, 0.1) is 0 Å². The second kappa shape index (κ2) is 9.84. The molecule has 0 aromatic heterocycles. The molecule has 0 spiro atoms. The molecule has 2 unspecified atom stereocenters. The predicted octanol–water partition coefficient (Wildman–Crippen LogP) is 0.565. The number of hydrogen-bond acceptors (Lipinski definition) is 4. The first-order valence-electron chi connectivity index (χ1n) is 8.83. The lowest BCUT2D eigenvalue weighted by molar-refractivity contribution is -0.121. The Morgan fingerprint density at radius 3 is 2.38 bits per heavy atom. The lowest BCUT2D eigenvalue weighted by Gasteiger charge is -2.35. The molecule has 1 rings (SSSR count). The second-order valence-corrected chi connectivity index (χ2v) is 7.52. The average Bonchev–Trinajstić information content (AvgIpc) is 2.43. The summed E-state index contributed by atoms with van der Waals surface area (Å²) in [5.41, 5.74) is -0.220. The van der Waals surface area contributed by atoms with Gasteiger partial charge in [-0.3, -0.25) is 14.7 Å². The molecule has 3 N–H and O–H groups in total. The molecule has 0 aliphatic carbocycles. The first-order chi connectivity index (χ1) is 11.2. The van der Waals surface area contributed by atoms with Gasteiger partial charge < -0.3 is 20.7 Å². The Bertz CT molecular complexity index is 410. The molecule has 1 fully saturated rings. The van der Waals surface area contributed by atoms with Crippen LogP contribution < -0.4 is 16.0 Å². The fraction of sp³-hybridized carbons (Fsp3) is 0.882. The Hall–Kier alpha value is -1.34. The van der Waals surface area contributed by atoms with E-state index < -0.39 is 0 Å². The molecular formula is C17H35N5O2. The van der Waals surface area contributed by atoms with Crippen LogP contribution >= 0.6 is 0 Å². The quantitative estimate of drug-likeness (QED) is 0.374. The highest BCUT2D eigenvalue weighted by molar-refractivity contribution is 5.86. The van der Waals surface area contributed by atoms with E-state index in [0.29, 0.717) is 18.2 Å². The lowest BCUT2D eigenvalue weighted by Crippen LogP contribution is -2.48. The van der Waals surface area contributed by atoms with Gasteiger partial charge in [-0.05, 0) is 41.0 Å². The smallest absolute Gasteiger partial charge is 0.239 e. The Morgan fingerprint density at radius 2 is 1.83 bits per heavy atom. The molecule has 1 aliphatic heterocycles. The van der Waals surface area contributed by atoms with Crippen LogP contribution in [0.15, 0.2) is 4.99 Å². The zero-order valence-electron chi connectivity index (χ0n) is 16.1. The molecule has 1 amide bonds. The highest BCUT2D eigenvalue weighted by Crippen LogP contribution is 2.10. The maximum atomic E-state index is 11.8. The number of aliphatic imine (C=N–C) groups is 1. The van der Waals surface area contributed by atoms with Crippen LogP contribution in [0.5, 0.6) is 0 Å². The SMILES string of the molecule is CN=C(NCCCN1CC(C)OC(C)C1)NCC(=O)NC(C)(C)C. The van der Waals surface area contributed by atoms with Gasteiger partial charge in [0.25, 0.3) is 0 Å². The van der Waals surface area contributed by atoms with Crippen molar-refractivity contribution in [1.29, 1.82) is 0 Å². The van der Waals surface area contributed by atoms with Crippen molar-refractivity contribution in [3.8, 4) is 0 Å². The van der Waals surface area contributed by atoms with Crippen molar-refractivity contribution in [3.05, 3.63) is 0 Å². The van der Waals surface area contributed by atoms with Gasteiger partial charge >= 0.3 is 0 Å². The van der Waals surface area contributed by atoms with Crippen LogP contribution in [0.1, 0.15) is 41.0 Å². The van der Waals surface area contributed by atoms with E-state index in [4.69, 9.17) is 4.74 Å². The van der Waals surface area contributed by atoms with E-state index in [2.05, 4.69) is 39.7 Å². The molecule has 24 heavy (non-hydrogen) atoms. The van der Waals surface area contributed by atoms with E-state index >= 15 is 0 Å². The molecule has 1 aliphatic rings. The minimum Gasteiger partial charge on any atom is -0.373 e. The van der Waals surface area contributed by atoms with Gasteiger partial charge in [0.05, 0.1) is 18.8 Å². The number of rotatable bonds is 6. The minimum absolute atomic E-state index is 0.0401. The van der Waals surface area contributed by atoms with Gasteiger partial charge in [0, 0.05) is 38.8 Å². The summed E-state index contributed by atoms with van der Waals surface area (Å²) in [6, 6.07) is 0. The van der Waals surface area contributed by atoms with Crippen LogP contribution in [-0.4, -0.2) is 74.3 Å². The number of ether oxygens (including phenoxy) is 1. The van der Waals surface area contributed by atoms with E-state index in [0.717, 1.165) is 32.6 Å². The Kier molecular flexibility index (Phi) is 8.48. The summed E-state index contributed by atoms with van der Waals surface area (Å²) >= 11 is 0. The summed E-state index contributed by atoms with van der Waals surface area (Å²) in [7, 11) is 1.71. The first-order valence-corrected chi connectivity index (χ1v) is 8.83. The minimum atomic E-state index is -0.220. The zero-order chi connectivity index (χ0) is 18.2. The van der Waals surface area contributed by atoms with E-state index in [1.807, 2.05) is 20.8 Å². The van der Waals surface area contributed by atoms with Crippen LogP contribution in [-0.2, 0) is 9.53 Å². The Labute approximate surface area is 146 Å². The molecule has 0 aromatic carbocycles. The van der Waals surface area contributed by atoms with Crippen molar-refractivity contribution < 1.29 is 9.53 Å². The number of amides is 1. The molecule has 7 nitrogen and oxygen atoms in total. The number of nitrogens with zero attached hydrogens (tertiary/aromatic N) is 2. The van der Waals surface area contributed by atoms with Crippen molar-refractivity contribution in [1.82, 2.24) is 20.9 Å². The topological polar surface area (TPSA) is 78.0 Å². The highest BCUT2D eigenvalue weighted by atomic mass is 16.5. The summed E-state index contributed by atoms with van der Waals surface area (Å²) in [5, 5.41) is 9.20. The molecule has 0 bridgehead atoms. The van der Waals surface area contributed by atoms with Crippen molar-refractivity contribution in [2.45, 2.75) is 58.8 Å². The molecule has 0 radical (unpaired) electrons. The maximum absolute atomic E-state index is 11.8. The number of morpholine rings is 1. The van der Waals surface area contributed by atoms with Gasteiger partial charge in [0.1, 0.15) is 0 Å². The van der Waals surface area contributed by atoms with Crippen molar-refractivity contribution in [3.63, 3.8) is 0 Å². The van der Waals surface area contributed by atoms with Gasteiger partial charge in [-0.25, -0.2) is 0 Å². The van der Waals surface area contributed by atoms with Crippen LogP contribution in [0.4, 0.5) is 0 Å². The number of carbonyl (C=O) groups excluding carboxylic acids is 1. The van der Waals surface area contributed by atoms with E-state index in [-0.39, 0.29) is 18.0 Å². The summed E-state index contributed by atoms with van der Waals surface area (Å²) in [5.74, 6) is 0.615. The Balaban J connectivity index is 2.19.